The van der Waals surface area contributed by atoms with Gasteiger partial charge in [-0.3, -0.25) is 0 Å². The Balaban J connectivity index is 1.31. The summed E-state index contributed by atoms with van der Waals surface area (Å²) >= 11 is 0. The molecular weight excluding hydrogens is 436 g/mol. The predicted molar refractivity (Wildman–Crippen MR) is 144 cm³/mol. The lowest BCUT2D eigenvalue weighted by molar-refractivity contribution is -0.0435. The molecule has 0 amide bonds. The van der Waals surface area contributed by atoms with Crippen LogP contribution in [0.3, 0.4) is 0 Å². The number of rotatable bonds is 15. The topological polar surface area (TPSA) is 48.7 Å². The van der Waals surface area contributed by atoms with Crippen LogP contribution in [0.25, 0.3) is 11.0 Å². The minimum absolute atomic E-state index is 0.179. The number of ether oxygens (including phenoxy) is 2. The van der Waals surface area contributed by atoms with Gasteiger partial charge in [0.2, 0.25) is 0 Å². The van der Waals surface area contributed by atoms with Gasteiger partial charge in [-0.2, -0.15) is 0 Å². The lowest BCUT2D eigenvalue weighted by Gasteiger charge is -2.36. The Morgan fingerprint density at radius 3 is 2.17 bits per heavy atom. The van der Waals surface area contributed by atoms with Crippen LogP contribution in [0.2, 0.25) is 0 Å². The van der Waals surface area contributed by atoms with Gasteiger partial charge in [-0.25, -0.2) is 4.79 Å². The minimum atomic E-state index is -0.372. The van der Waals surface area contributed by atoms with Crippen molar-refractivity contribution in [3.63, 3.8) is 0 Å². The molecule has 190 valence electrons. The van der Waals surface area contributed by atoms with E-state index in [1.807, 2.05) is 18.2 Å². The van der Waals surface area contributed by atoms with Gasteiger partial charge < -0.3 is 13.9 Å². The Hall–Kier alpha value is -2.59. The number of hydrogen-bond donors (Lipinski definition) is 0. The molecule has 3 rings (SSSR count). The van der Waals surface area contributed by atoms with Gasteiger partial charge in [0.15, 0.2) is 0 Å². The quantitative estimate of drug-likeness (QED) is 0.163. The molecular formula is C31H42O4. The molecule has 0 aliphatic carbocycles. The summed E-state index contributed by atoms with van der Waals surface area (Å²) in [6.07, 6.45) is 7.89. The molecule has 0 aliphatic heterocycles. The van der Waals surface area contributed by atoms with E-state index in [1.165, 1.54) is 30.9 Å². The monoisotopic (exact) mass is 478 g/mol. The molecule has 35 heavy (non-hydrogen) atoms. The highest BCUT2D eigenvalue weighted by molar-refractivity contribution is 5.82. The fourth-order valence-electron chi connectivity index (χ4n) is 4.71. The van der Waals surface area contributed by atoms with E-state index < -0.39 is 0 Å². The lowest BCUT2D eigenvalue weighted by atomic mass is 9.79. The van der Waals surface area contributed by atoms with Crippen LogP contribution in [-0.2, 0) is 4.74 Å². The second kappa shape index (κ2) is 13.5. The van der Waals surface area contributed by atoms with Crippen molar-refractivity contribution in [2.24, 2.45) is 5.92 Å². The zero-order valence-electron chi connectivity index (χ0n) is 21.9. The Labute approximate surface area is 210 Å². The fraction of sp³-hybridized carbons (Fsp3) is 0.516. The van der Waals surface area contributed by atoms with Crippen molar-refractivity contribution in [1.29, 1.82) is 0 Å². The Kier molecular flexibility index (Phi) is 10.4. The SMILES string of the molecule is CC(C)CC(c1ccccc1)C(C)(C)OCCCCCCCCOc1cc(=O)oc2ccccc12. The zero-order chi connectivity index (χ0) is 25.1. The van der Waals surface area contributed by atoms with Crippen molar-refractivity contribution in [2.75, 3.05) is 13.2 Å². The van der Waals surface area contributed by atoms with Crippen molar-refractivity contribution in [3.8, 4) is 5.75 Å². The van der Waals surface area contributed by atoms with E-state index >= 15 is 0 Å². The number of benzene rings is 2. The van der Waals surface area contributed by atoms with Crippen LogP contribution in [-0.4, -0.2) is 18.8 Å². The maximum Gasteiger partial charge on any atom is 0.339 e. The molecule has 0 bridgehead atoms. The standard InChI is InChI=1S/C31H42O4/c1-24(2)22-27(25-16-10-9-11-17-25)31(3,4)34-21-15-8-6-5-7-14-20-33-29-23-30(32)35-28-19-13-12-18-26(28)29/h9-13,16-19,23-24,27H,5-8,14-15,20-22H2,1-4H3. The van der Waals surface area contributed by atoms with Crippen LogP contribution in [0.5, 0.6) is 5.75 Å². The van der Waals surface area contributed by atoms with Crippen LogP contribution in [0, 0.1) is 5.92 Å². The van der Waals surface area contributed by atoms with Crippen molar-refractivity contribution in [1.82, 2.24) is 0 Å². The smallest absolute Gasteiger partial charge is 0.339 e. The average Bonchev–Trinajstić information content (AvgIpc) is 2.83. The van der Waals surface area contributed by atoms with Crippen LogP contribution < -0.4 is 10.4 Å². The second-order valence-electron chi connectivity index (χ2n) is 10.4. The van der Waals surface area contributed by atoms with E-state index in [0.717, 1.165) is 37.7 Å². The van der Waals surface area contributed by atoms with Gasteiger partial charge in [-0.05, 0) is 56.7 Å². The summed E-state index contributed by atoms with van der Waals surface area (Å²) in [5.74, 6) is 1.64. The third kappa shape index (κ3) is 8.54. The summed E-state index contributed by atoms with van der Waals surface area (Å²) in [6.45, 7) is 10.5. The third-order valence-corrected chi connectivity index (χ3v) is 6.63. The van der Waals surface area contributed by atoms with E-state index in [2.05, 4.69) is 58.0 Å². The van der Waals surface area contributed by atoms with E-state index in [1.54, 1.807) is 6.07 Å². The lowest BCUT2D eigenvalue weighted by Crippen LogP contribution is -2.34. The highest BCUT2D eigenvalue weighted by atomic mass is 16.5. The van der Waals surface area contributed by atoms with Gasteiger partial charge in [0, 0.05) is 12.5 Å². The summed E-state index contributed by atoms with van der Waals surface area (Å²) in [7, 11) is 0. The number of unbranched alkanes of at least 4 members (excludes halogenated alkanes) is 5. The van der Waals surface area contributed by atoms with E-state index in [-0.39, 0.29) is 11.2 Å². The highest BCUT2D eigenvalue weighted by Gasteiger charge is 2.32. The largest absolute Gasteiger partial charge is 0.493 e. The summed E-state index contributed by atoms with van der Waals surface area (Å²) in [5.41, 5.74) is 1.39. The van der Waals surface area contributed by atoms with Gasteiger partial charge >= 0.3 is 5.63 Å². The Morgan fingerprint density at radius 1 is 0.829 bits per heavy atom. The second-order valence-corrected chi connectivity index (χ2v) is 10.4. The first-order valence-corrected chi connectivity index (χ1v) is 13.2. The molecule has 2 aromatic carbocycles. The molecule has 0 spiro atoms. The highest BCUT2D eigenvalue weighted by Crippen LogP contribution is 2.36. The first-order chi connectivity index (χ1) is 16.9. The summed E-state index contributed by atoms with van der Waals surface area (Å²) in [5, 5.41) is 0.845. The van der Waals surface area contributed by atoms with Crippen LogP contribution >= 0.6 is 0 Å². The van der Waals surface area contributed by atoms with Crippen LogP contribution in [0.1, 0.15) is 84.1 Å². The maximum atomic E-state index is 11.7. The van der Waals surface area contributed by atoms with Crippen LogP contribution in [0.4, 0.5) is 0 Å². The number of fused-ring (bicyclic) bond motifs is 1. The number of para-hydroxylation sites is 1. The molecule has 1 atom stereocenters. The summed E-state index contributed by atoms with van der Waals surface area (Å²) in [4.78, 5) is 11.7. The first-order valence-electron chi connectivity index (χ1n) is 13.2. The van der Waals surface area contributed by atoms with Crippen molar-refractivity contribution in [3.05, 3.63) is 76.6 Å². The molecule has 0 radical (unpaired) electrons. The van der Waals surface area contributed by atoms with Gasteiger partial charge in [0.1, 0.15) is 11.3 Å². The molecule has 0 fully saturated rings. The fourth-order valence-corrected chi connectivity index (χ4v) is 4.71. The van der Waals surface area contributed by atoms with E-state index in [0.29, 0.717) is 29.8 Å². The summed E-state index contributed by atoms with van der Waals surface area (Å²) < 4.78 is 17.5. The molecule has 1 heterocycles. The molecule has 4 heteroatoms. The van der Waals surface area contributed by atoms with Gasteiger partial charge in [-0.15, -0.1) is 0 Å². The first kappa shape index (κ1) is 27.0. The number of hydrogen-bond acceptors (Lipinski definition) is 4. The third-order valence-electron chi connectivity index (χ3n) is 6.63. The van der Waals surface area contributed by atoms with E-state index in [9.17, 15) is 4.79 Å². The van der Waals surface area contributed by atoms with Crippen molar-refractivity contribution >= 4 is 11.0 Å². The van der Waals surface area contributed by atoms with Crippen molar-refractivity contribution < 1.29 is 13.9 Å². The van der Waals surface area contributed by atoms with Crippen LogP contribution in [0.15, 0.2) is 69.9 Å². The predicted octanol–water partition coefficient (Wildman–Crippen LogP) is 8.14. The van der Waals surface area contributed by atoms with Crippen molar-refractivity contribution in [2.45, 2.75) is 84.2 Å². The zero-order valence-corrected chi connectivity index (χ0v) is 21.9. The Bertz CT molecular complexity index is 1070. The molecule has 4 nitrogen and oxygen atoms in total. The molecule has 0 saturated heterocycles. The Morgan fingerprint density at radius 2 is 1.46 bits per heavy atom. The van der Waals surface area contributed by atoms with Gasteiger partial charge in [-0.1, -0.05) is 82.0 Å². The minimum Gasteiger partial charge on any atom is -0.493 e. The molecule has 0 saturated carbocycles. The normalized spacial score (nSPS) is 12.8. The maximum absolute atomic E-state index is 11.7. The molecule has 0 N–H and O–H groups in total. The molecule has 1 unspecified atom stereocenters. The molecule has 0 aliphatic rings. The average molecular weight is 479 g/mol. The molecule has 3 aromatic rings. The van der Waals surface area contributed by atoms with Gasteiger partial charge in [0.05, 0.1) is 23.7 Å². The van der Waals surface area contributed by atoms with E-state index in [4.69, 9.17) is 13.9 Å². The van der Waals surface area contributed by atoms with Gasteiger partial charge in [0.25, 0.3) is 0 Å². The summed E-state index contributed by atoms with van der Waals surface area (Å²) in [6, 6.07) is 19.7. The molecule has 1 aromatic heterocycles.